The number of nitrogens with zero attached hydrogens (tertiary/aromatic N) is 1. The van der Waals surface area contributed by atoms with Crippen LogP contribution in [0.15, 0.2) is 41.4 Å². The minimum Gasteiger partial charge on any atom is -0.480 e. The maximum atomic E-state index is 11.0. The summed E-state index contributed by atoms with van der Waals surface area (Å²) in [4.78, 5) is 15.0. The minimum absolute atomic E-state index is 0.321. The van der Waals surface area contributed by atoms with Crippen LogP contribution >= 0.6 is 0 Å². The van der Waals surface area contributed by atoms with Gasteiger partial charge in [-0.1, -0.05) is 50.3 Å². The molecule has 0 radical (unpaired) electrons. The molecule has 0 amide bonds. The van der Waals surface area contributed by atoms with Gasteiger partial charge >= 0.3 is 5.97 Å². The topological polar surface area (TPSA) is 49.7 Å². The van der Waals surface area contributed by atoms with Gasteiger partial charge in [-0.2, -0.15) is 0 Å². The van der Waals surface area contributed by atoms with E-state index in [1.165, 1.54) is 0 Å². The molecule has 0 aromatic heterocycles. The molecular weight excluding hydrogens is 226 g/mol. The zero-order valence-electron chi connectivity index (χ0n) is 10.8. The molecule has 0 fully saturated rings. The second kappa shape index (κ2) is 7.43. The second-order valence-electron chi connectivity index (χ2n) is 4.55. The van der Waals surface area contributed by atoms with Crippen molar-refractivity contribution in [2.75, 3.05) is 0 Å². The molecule has 0 aliphatic carbocycles. The molecule has 1 N–H and O–H groups in total. The first-order chi connectivity index (χ1) is 8.59. The van der Waals surface area contributed by atoms with Gasteiger partial charge in [0.1, 0.15) is 6.04 Å². The van der Waals surface area contributed by atoms with Gasteiger partial charge < -0.3 is 5.11 Å². The quantitative estimate of drug-likeness (QED) is 0.782. The summed E-state index contributed by atoms with van der Waals surface area (Å²) in [6, 6.07) is 9.17. The van der Waals surface area contributed by atoms with Crippen LogP contribution in [0.5, 0.6) is 0 Å². The number of allylic oxidation sites excluding steroid dienone is 1. The van der Waals surface area contributed by atoms with E-state index >= 15 is 0 Å². The Labute approximate surface area is 108 Å². The molecule has 1 unspecified atom stereocenters. The maximum Gasteiger partial charge on any atom is 0.328 e. The predicted molar refractivity (Wildman–Crippen MR) is 74.8 cm³/mol. The molecule has 0 saturated heterocycles. The Kier molecular flexibility index (Phi) is 5.85. The summed E-state index contributed by atoms with van der Waals surface area (Å²) in [6.45, 7) is 3.98. The van der Waals surface area contributed by atoms with E-state index in [1.54, 1.807) is 12.3 Å². The SMILES string of the molecule is CC(C)CC(N=C/C=C\c1ccccc1)C(=O)O. The summed E-state index contributed by atoms with van der Waals surface area (Å²) in [5.41, 5.74) is 1.07. The van der Waals surface area contributed by atoms with Gasteiger partial charge in [0.25, 0.3) is 0 Å². The molecule has 1 rings (SSSR count). The highest BCUT2D eigenvalue weighted by molar-refractivity contribution is 5.82. The van der Waals surface area contributed by atoms with Gasteiger partial charge in [0.2, 0.25) is 0 Å². The van der Waals surface area contributed by atoms with Gasteiger partial charge in [-0.3, -0.25) is 4.99 Å². The number of hydrogen-bond donors (Lipinski definition) is 1. The van der Waals surface area contributed by atoms with E-state index in [1.807, 2.05) is 50.3 Å². The van der Waals surface area contributed by atoms with E-state index in [0.29, 0.717) is 12.3 Å². The molecule has 0 saturated carbocycles. The van der Waals surface area contributed by atoms with Gasteiger partial charge in [0.15, 0.2) is 0 Å². The fourth-order valence-electron chi connectivity index (χ4n) is 1.54. The molecule has 18 heavy (non-hydrogen) atoms. The number of aliphatic imine (C=N–C) groups is 1. The lowest BCUT2D eigenvalue weighted by molar-refractivity contribution is -0.138. The first-order valence-corrected chi connectivity index (χ1v) is 6.07. The Morgan fingerprint density at radius 3 is 2.56 bits per heavy atom. The van der Waals surface area contributed by atoms with Crippen molar-refractivity contribution in [3.8, 4) is 0 Å². The third-order valence-electron chi connectivity index (χ3n) is 2.42. The Morgan fingerprint density at radius 1 is 1.33 bits per heavy atom. The average Bonchev–Trinajstić information content (AvgIpc) is 2.33. The van der Waals surface area contributed by atoms with Gasteiger partial charge in [0.05, 0.1) is 0 Å². The standard InChI is InChI=1S/C15H19NO2/c1-12(2)11-14(15(17)18)16-10-6-9-13-7-4-3-5-8-13/h3-10,12,14H,11H2,1-2H3,(H,17,18)/b9-6-,16-10?. The average molecular weight is 245 g/mol. The molecule has 3 heteroatoms. The number of carboxylic acids is 1. The van der Waals surface area contributed by atoms with Crippen LogP contribution in [0.3, 0.4) is 0 Å². The molecule has 3 nitrogen and oxygen atoms in total. The Morgan fingerprint density at radius 2 is 2.00 bits per heavy atom. The lowest BCUT2D eigenvalue weighted by atomic mass is 10.0. The summed E-state index contributed by atoms with van der Waals surface area (Å²) in [5, 5.41) is 9.00. The minimum atomic E-state index is -0.868. The summed E-state index contributed by atoms with van der Waals surface area (Å²) in [7, 11) is 0. The summed E-state index contributed by atoms with van der Waals surface area (Å²) < 4.78 is 0. The van der Waals surface area contributed by atoms with Crippen LogP contribution in [0.2, 0.25) is 0 Å². The highest BCUT2D eigenvalue weighted by Gasteiger charge is 2.16. The number of rotatable bonds is 6. The van der Waals surface area contributed by atoms with Crippen LogP contribution < -0.4 is 0 Å². The molecule has 1 aromatic carbocycles. The van der Waals surface area contributed by atoms with Gasteiger partial charge in [-0.25, -0.2) is 4.79 Å². The second-order valence-corrected chi connectivity index (χ2v) is 4.55. The molecule has 1 atom stereocenters. The van der Waals surface area contributed by atoms with Crippen LogP contribution in [-0.2, 0) is 4.79 Å². The Bertz CT molecular complexity index is 421. The molecule has 0 spiro atoms. The van der Waals surface area contributed by atoms with Crippen LogP contribution in [-0.4, -0.2) is 23.3 Å². The summed E-state index contributed by atoms with van der Waals surface area (Å²) >= 11 is 0. The monoisotopic (exact) mass is 245 g/mol. The van der Waals surface area contributed by atoms with E-state index in [4.69, 9.17) is 5.11 Å². The Hall–Kier alpha value is -1.90. The van der Waals surface area contributed by atoms with Crippen molar-refractivity contribution in [3.05, 3.63) is 42.0 Å². The first-order valence-electron chi connectivity index (χ1n) is 6.07. The van der Waals surface area contributed by atoms with Crippen molar-refractivity contribution < 1.29 is 9.90 Å². The van der Waals surface area contributed by atoms with Crippen molar-refractivity contribution in [2.45, 2.75) is 26.3 Å². The van der Waals surface area contributed by atoms with Crippen molar-refractivity contribution in [1.82, 2.24) is 0 Å². The van der Waals surface area contributed by atoms with Crippen molar-refractivity contribution in [2.24, 2.45) is 10.9 Å². The first kappa shape index (κ1) is 14.2. The molecular formula is C15H19NO2. The van der Waals surface area contributed by atoms with E-state index in [2.05, 4.69) is 4.99 Å². The third-order valence-corrected chi connectivity index (χ3v) is 2.42. The zero-order chi connectivity index (χ0) is 13.4. The molecule has 0 aliphatic rings. The number of carbonyl (C=O) groups is 1. The van der Waals surface area contributed by atoms with Gasteiger partial charge in [-0.15, -0.1) is 0 Å². The zero-order valence-corrected chi connectivity index (χ0v) is 10.8. The fraction of sp³-hybridized carbons (Fsp3) is 0.333. The number of carboxylic acid groups (broad SMARTS) is 1. The van der Waals surface area contributed by atoms with E-state index in [9.17, 15) is 4.79 Å². The van der Waals surface area contributed by atoms with E-state index < -0.39 is 12.0 Å². The molecule has 0 aliphatic heterocycles. The maximum absolute atomic E-state index is 11.0. The number of benzene rings is 1. The van der Waals surface area contributed by atoms with E-state index in [0.717, 1.165) is 5.56 Å². The van der Waals surface area contributed by atoms with Crippen LogP contribution in [0.1, 0.15) is 25.8 Å². The van der Waals surface area contributed by atoms with Crippen molar-refractivity contribution >= 4 is 18.3 Å². The fourth-order valence-corrected chi connectivity index (χ4v) is 1.54. The van der Waals surface area contributed by atoms with Gasteiger partial charge in [-0.05, 0) is 24.0 Å². The van der Waals surface area contributed by atoms with Crippen LogP contribution in [0.25, 0.3) is 6.08 Å². The molecule has 0 heterocycles. The van der Waals surface area contributed by atoms with Gasteiger partial charge in [0, 0.05) is 6.21 Å². The highest BCUT2D eigenvalue weighted by Crippen LogP contribution is 2.08. The molecule has 1 aromatic rings. The largest absolute Gasteiger partial charge is 0.480 e. The van der Waals surface area contributed by atoms with Crippen LogP contribution in [0.4, 0.5) is 0 Å². The normalized spacial score (nSPS) is 13.5. The third kappa shape index (κ3) is 5.43. The number of hydrogen-bond acceptors (Lipinski definition) is 2. The van der Waals surface area contributed by atoms with Crippen molar-refractivity contribution in [3.63, 3.8) is 0 Å². The van der Waals surface area contributed by atoms with E-state index in [-0.39, 0.29) is 0 Å². The molecule has 96 valence electrons. The van der Waals surface area contributed by atoms with Crippen molar-refractivity contribution in [1.29, 1.82) is 0 Å². The predicted octanol–water partition coefficient (Wildman–Crippen LogP) is 3.27. The number of aliphatic carboxylic acids is 1. The lowest BCUT2D eigenvalue weighted by Crippen LogP contribution is -2.19. The smallest absolute Gasteiger partial charge is 0.328 e. The lowest BCUT2D eigenvalue weighted by Gasteiger charge is -2.08. The summed E-state index contributed by atoms with van der Waals surface area (Å²) in [5.74, 6) is -0.547. The molecule has 0 bridgehead atoms. The van der Waals surface area contributed by atoms with Crippen LogP contribution in [0, 0.1) is 5.92 Å². The summed E-state index contributed by atoms with van der Waals surface area (Å²) in [6.07, 6.45) is 5.79. The Balaban J connectivity index is 2.57. The highest BCUT2D eigenvalue weighted by atomic mass is 16.4.